The molecule has 0 aliphatic heterocycles. The van der Waals surface area contributed by atoms with Crippen molar-refractivity contribution in [1.82, 2.24) is 0 Å². The Balaban J connectivity index is 2.92. The van der Waals surface area contributed by atoms with Crippen LogP contribution in [0.5, 0.6) is 0 Å². The Kier molecular flexibility index (Phi) is 2.80. The second kappa shape index (κ2) is 3.85. The summed E-state index contributed by atoms with van der Waals surface area (Å²) in [6, 6.07) is 0. The van der Waals surface area contributed by atoms with Crippen molar-refractivity contribution in [2.75, 3.05) is 14.2 Å². The van der Waals surface area contributed by atoms with Gasteiger partial charge in [0.2, 0.25) is 0 Å². The molecule has 64 valence electrons. The molecule has 3 heteroatoms. The fraction of sp³-hybridized carbons (Fsp3) is 0.333. The molecule has 0 fully saturated rings. The van der Waals surface area contributed by atoms with Gasteiger partial charge in [0.1, 0.15) is 5.76 Å². The Morgan fingerprint density at radius 2 is 2.33 bits per heavy atom. The zero-order chi connectivity index (χ0) is 8.97. The van der Waals surface area contributed by atoms with Crippen molar-refractivity contribution in [2.45, 2.75) is 6.42 Å². The van der Waals surface area contributed by atoms with E-state index in [1.165, 1.54) is 0 Å². The van der Waals surface area contributed by atoms with E-state index in [-0.39, 0.29) is 0 Å². The average molecular weight is 164 g/mol. The molecule has 0 aromatic rings. The highest BCUT2D eigenvalue weighted by Gasteiger charge is 2.06. The standard InChI is InChI=1S/C9H12N2O/c1-11-9-5-3-4-7(12-2)6-8(9)10/h3-4,6,10H,5H2,1-2H3. The summed E-state index contributed by atoms with van der Waals surface area (Å²) in [5.74, 6) is 0.707. The third kappa shape index (κ3) is 1.81. The lowest BCUT2D eigenvalue weighted by Gasteiger charge is -1.98. The molecule has 0 aromatic heterocycles. The van der Waals surface area contributed by atoms with Crippen molar-refractivity contribution in [3.8, 4) is 0 Å². The Labute approximate surface area is 72.0 Å². The van der Waals surface area contributed by atoms with Crippen LogP contribution in [0.4, 0.5) is 0 Å². The van der Waals surface area contributed by atoms with Crippen LogP contribution in [0.25, 0.3) is 0 Å². The van der Waals surface area contributed by atoms with Gasteiger partial charge in [0.05, 0.1) is 18.5 Å². The number of hydrogen-bond donors (Lipinski definition) is 1. The second-order valence-corrected chi connectivity index (χ2v) is 2.44. The normalized spacial score (nSPS) is 20.7. The van der Waals surface area contributed by atoms with Crippen LogP contribution in [0.3, 0.4) is 0 Å². The number of rotatable bonds is 1. The molecular formula is C9H12N2O. The number of ether oxygens (including phenoxy) is 1. The van der Waals surface area contributed by atoms with Gasteiger partial charge in [0.15, 0.2) is 0 Å². The zero-order valence-corrected chi connectivity index (χ0v) is 7.29. The number of nitrogens with one attached hydrogen (secondary N) is 1. The molecule has 1 aliphatic rings. The molecular weight excluding hydrogens is 152 g/mol. The van der Waals surface area contributed by atoms with Gasteiger partial charge in [-0.2, -0.15) is 0 Å². The predicted molar refractivity (Wildman–Crippen MR) is 49.9 cm³/mol. The van der Waals surface area contributed by atoms with E-state index >= 15 is 0 Å². The molecule has 0 saturated carbocycles. The molecule has 1 N–H and O–H groups in total. The molecule has 1 rings (SSSR count). The molecule has 12 heavy (non-hydrogen) atoms. The van der Waals surface area contributed by atoms with Crippen molar-refractivity contribution >= 4 is 11.4 Å². The summed E-state index contributed by atoms with van der Waals surface area (Å²) in [5.41, 5.74) is 1.22. The summed E-state index contributed by atoms with van der Waals surface area (Å²) >= 11 is 0. The highest BCUT2D eigenvalue weighted by Crippen LogP contribution is 2.06. The second-order valence-electron chi connectivity index (χ2n) is 2.44. The first kappa shape index (κ1) is 8.71. The van der Waals surface area contributed by atoms with Crippen molar-refractivity contribution in [3.63, 3.8) is 0 Å². The Morgan fingerprint density at radius 1 is 1.58 bits per heavy atom. The van der Waals surface area contributed by atoms with Gasteiger partial charge >= 0.3 is 0 Å². The summed E-state index contributed by atoms with van der Waals surface area (Å²) in [6.45, 7) is 0. The van der Waals surface area contributed by atoms with Gasteiger partial charge in [0, 0.05) is 19.5 Å². The SMILES string of the molecule is CN=C1CC=CC(OC)=CC1=N. The highest BCUT2D eigenvalue weighted by molar-refractivity contribution is 6.45. The van der Waals surface area contributed by atoms with Gasteiger partial charge in [-0.25, -0.2) is 0 Å². The lowest BCUT2D eigenvalue weighted by Crippen LogP contribution is -2.08. The molecule has 0 spiro atoms. The number of nitrogens with zero attached hydrogens (tertiary/aromatic N) is 1. The minimum Gasteiger partial charge on any atom is -0.497 e. The molecule has 0 radical (unpaired) electrons. The molecule has 0 heterocycles. The van der Waals surface area contributed by atoms with Crippen molar-refractivity contribution in [2.24, 2.45) is 4.99 Å². The maximum atomic E-state index is 7.59. The third-order valence-corrected chi connectivity index (χ3v) is 1.70. The fourth-order valence-electron chi connectivity index (χ4n) is 1.01. The smallest absolute Gasteiger partial charge is 0.120 e. The van der Waals surface area contributed by atoms with Gasteiger partial charge < -0.3 is 4.74 Å². The molecule has 0 atom stereocenters. The lowest BCUT2D eigenvalue weighted by molar-refractivity contribution is 0.307. The summed E-state index contributed by atoms with van der Waals surface area (Å²) in [6.07, 6.45) is 6.18. The zero-order valence-electron chi connectivity index (χ0n) is 7.29. The molecule has 3 nitrogen and oxygen atoms in total. The molecule has 0 unspecified atom stereocenters. The van der Waals surface area contributed by atoms with Gasteiger partial charge in [-0.15, -0.1) is 0 Å². The van der Waals surface area contributed by atoms with E-state index in [2.05, 4.69) is 4.99 Å². The molecule has 0 bridgehead atoms. The topological polar surface area (TPSA) is 45.4 Å². The quantitative estimate of drug-likeness (QED) is 0.628. The van der Waals surface area contributed by atoms with Gasteiger partial charge in [-0.3, -0.25) is 10.4 Å². The Bertz CT molecular complexity index is 274. The van der Waals surface area contributed by atoms with Crippen LogP contribution in [-0.4, -0.2) is 25.6 Å². The monoisotopic (exact) mass is 164 g/mol. The Morgan fingerprint density at radius 3 is 2.92 bits per heavy atom. The average Bonchev–Trinajstić information content (AvgIpc) is 2.26. The van der Waals surface area contributed by atoms with E-state index in [9.17, 15) is 0 Å². The number of hydrogen-bond acceptors (Lipinski definition) is 3. The molecule has 0 saturated heterocycles. The van der Waals surface area contributed by atoms with Gasteiger partial charge in [-0.05, 0) is 6.08 Å². The number of allylic oxidation sites excluding steroid dienone is 3. The summed E-state index contributed by atoms with van der Waals surface area (Å²) in [5, 5.41) is 7.59. The predicted octanol–water partition coefficient (Wildman–Crippen LogP) is 1.57. The maximum Gasteiger partial charge on any atom is 0.120 e. The summed E-state index contributed by atoms with van der Waals surface area (Å²) < 4.78 is 5.01. The van der Waals surface area contributed by atoms with Crippen LogP contribution in [0.1, 0.15) is 6.42 Å². The Hall–Kier alpha value is -1.38. The van der Waals surface area contributed by atoms with Crippen LogP contribution in [-0.2, 0) is 4.74 Å². The van der Waals surface area contributed by atoms with Crippen molar-refractivity contribution in [3.05, 3.63) is 24.0 Å². The first-order valence-electron chi connectivity index (χ1n) is 3.74. The number of aliphatic imine (C=N–C) groups is 1. The first-order chi connectivity index (χ1) is 5.77. The number of methoxy groups -OCH3 is 1. The summed E-state index contributed by atoms with van der Waals surface area (Å²) in [7, 11) is 3.29. The minimum atomic E-state index is 0.430. The molecule has 1 aliphatic carbocycles. The van der Waals surface area contributed by atoms with E-state index in [0.29, 0.717) is 17.9 Å². The third-order valence-electron chi connectivity index (χ3n) is 1.70. The molecule has 0 aromatic carbocycles. The van der Waals surface area contributed by atoms with E-state index in [0.717, 1.165) is 5.71 Å². The van der Waals surface area contributed by atoms with Crippen LogP contribution < -0.4 is 0 Å². The van der Waals surface area contributed by atoms with Crippen LogP contribution >= 0.6 is 0 Å². The van der Waals surface area contributed by atoms with E-state index in [1.807, 2.05) is 12.2 Å². The summed E-state index contributed by atoms with van der Waals surface area (Å²) in [4.78, 5) is 4.00. The molecule has 0 amide bonds. The van der Waals surface area contributed by atoms with Crippen molar-refractivity contribution in [1.29, 1.82) is 5.41 Å². The first-order valence-corrected chi connectivity index (χ1v) is 3.74. The van der Waals surface area contributed by atoms with Crippen molar-refractivity contribution < 1.29 is 4.74 Å². The van der Waals surface area contributed by atoms with E-state index < -0.39 is 0 Å². The van der Waals surface area contributed by atoms with Crippen LogP contribution in [0.15, 0.2) is 29.0 Å². The van der Waals surface area contributed by atoms with E-state index in [1.54, 1.807) is 20.2 Å². The maximum absolute atomic E-state index is 7.59. The van der Waals surface area contributed by atoms with E-state index in [4.69, 9.17) is 10.1 Å². The lowest BCUT2D eigenvalue weighted by atomic mass is 10.2. The fourth-order valence-corrected chi connectivity index (χ4v) is 1.01. The largest absolute Gasteiger partial charge is 0.497 e. The van der Waals surface area contributed by atoms with Crippen LogP contribution in [0, 0.1) is 5.41 Å². The highest BCUT2D eigenvalue weighted by atomic mass is 16.5. The van der Waals surface area contributed by atoms with Crippen LogP contribution in [0.2, 0.25) is 0 Å². The van der Waals surface area contributed by atoms with Gasteiger partial charge in [-0.1, -0.05) is 6.08 Å². The van der Waals surface area contributed by atoms with Gasteiger partial charge in [0.25, 0.3) is 0 Å². The minimum absolute atomic E-state index is 0.430.